The van der Waals surface area contributed by atoms with Gasteiger partial charge in [-0.2, -0.15) is 0 Å². The van der Waals surface area contributed by atoms with Crippen molar-refractivity contribution < 1.29 is 14.3 Å². The van der Waals surface area contributed by atoms with Crippen molar-refractivity contribution in [2.45, 2.75) is 19.9 Å². The lowest BCUT2D eigenvalue weighted by Crippen LogP contribution is -2.24. The second-order valence-electron chi connectivity index (χ2n) is 4.20. The van der Waals surface area contributed by atoms with Crippen LogP contribution < -0.4 is 10.6 Å². The maximum atomic E-state index is 11.2. The molecule has 0 aliphatic rings. The second-order valence-corrected chi connectivity index (χ2v) is 4.20. The molecular formula is C14H20N2O3. The zero-order chi connectivity index (χ0) is 14.1. The summed E-state index contributed by atoms with van der Waals surface area (Å²) in [5.74, 6) is -0.326. The number of benzene rings is 1. The highest BCUT2D eigenvalue weighted by atomic mass is 16.5. The molecule has 0 aliphatic carbocycles. The first-order valence-electron chi connectivity index (χ1n) is 6.26. The Bertz CT molecular complexity index is 415. The minimum atomic E-state index is -0.324. The van der Waals surface area contributed by atoms with Crippen LogP contribution in [0.4, 0.5) is 0 Å². The van der Waals surface area contributed by atoms with Crippen LogP contribution in [0.15, 0.2) is 24.3 Å². The Balaban J connectivity index is 2.23. The van der Waals surface area contributed by atoms with E-state index >= 15 is 0 Å². The number of nitrogens with one attached hydrogen (secondary N) is 2. The van der Waals surface area contributed by atoms with E-state index in [1.165, 1.54) is 14.0 Å². The van der Waals surface area contributed by atoms with Gasteiger partial charge >= 0.3 is 5.97 Å². The average Bonchev–Trinajstić information content (AvgIpc) is 2.42. The van der Waals surface area contributed by atoms with Crippen molar-refractivity contribution in [3.8, 4) is 0 Å². The molecule has 5 nitrogen and oxygen atoms in total. The number of hydrogen-bond acceptors (Lipinski definition) is 4. The average molecular weight is 264 g/mol. The summed E-state index contributed by atoms with van der Waals surface area (Å²) in [6.45, 7) is 3.76. The molecule has 5 heteroatoms. The summed E-state index contributed by atoms with van der Waals surface area (Å²) in [4.78, 5) is 21.9. The highest BCUT2D eigenvalue weighted by Gasteiger charge is 2.03. The first-order chi connectivity index (χ1) is 9.13. The summed E-state index contributed by atoms with van der Waals surface area (Å²) in [6, 6.07) is 7.29. The lowest BCUT2D eigenvalue weighted by molar-refractivity contribution is -0.118. The number of carbonyl (C=O) groups is 2. The van der Waals surface area contributed by atoms with E-state index in [0.29, 0.717) is 12.1 Å². The third kappa shape index (κ3) is 6.01. The van der Waals surface area contributed by atoms with Crippen LogP contribution in [0.1, 0.15) is 29.3 Å². The van der Waals surface area contributed by atoms with Crippen LogP contribution in [0.5, 0.6) is 0 Å². The predicted molar refractivity (Wildman–Crippen MR) is 72.8 cm³/mol. The van der Waals surface area contributed by atoms with Crippen molar-refractivity contribution in [2.75, 3.05) is 20.2 Å². The fourth-order valence-electron chi connectivity index (χ4n) is 1.59. The Labute approximate surface area is 113 Å². The van der Waals surface area contributed by atoms with Gasteiger partial charge < -0.3 is 15.4 Å². The van der Waals surface area contributed by atoms with E-state index in [0.717, 1.165) is 25.1 Å². The smallest absolute Gasteiger partial charge is 0.337 e. The van der Waals surface area contributed by atoms with Crippen LogP contribution in [0.3, 0.4) is 0 Å². The molecule has 0 unspecified atom stereocenters. The van der Waals surface area contributed by atoms with Crippen molar-refractivity contribution >= 4 is 11.9 Å². The van der Waals surface area contributed by atoms with E-state index in [2.05, 4.69) is 15.4 Å². The number of ether oxygens (including phenoxy) is 1. The van der Waals surface area contributed by atoms with E-state index < -0.39 is 0 Å². The molecule has 1 amide bonds. The predicted octanol–water partition coefficient (Wildman–Crippen LogP) is 1.09. The third-order valence-corrected chi connectivity index (χ3v) is 2.61. The van der Waals surface area contributed by atoms with Crippen LogP contribution in [0.25, 0.3) is 0 Å². The molecular weight excluding hydrogens is 244 g/mol. The van der Waals surface area contributed by atoms with E-state index in [1.54, 1.807) is 12.1 Å². The minimum absolute atomic E-state index is 0.00148. The Hall–Kier alpha value is -1.88. The summed E-state index contributed by atoms with van der Waals surface area (Å²) in [7, 11) is 1.37. The Morgan fingerprint density at radius 1 is 1.16 bits per heavy atom. The standard InChI is InChI=1S/C14H20N2O3/c1-11(17)16-9-3-8-15-10-12-4-6-13(7-5-12)14(18)19-2/h4-7,15H,3,8-10H2,1-2H3,(H,16,17). The van der Waals surface area contributed by atoms with Gasteiger partial charge in [0.25, 0.3) is 0 Å². The number of rotatable bonds is 7. The molecule has 0 saturated heterocycles. The first-order valence-corrected chi connectivity index (χ1v) is 6.26. The molecule has 0 aromatic heterocycles. The Morgan fingerprint density at radius 2 is 1.84 bits per heavy atom. The Morgan fingerprint density at radius 3 is 2.42 bits per heavy atom. The largest absolute Gasteiger partial charge is 0.465 e. The molecule has 0 aliphatic heterocycles. The molecule has 2 N–H and O–H groups in total. The summed E-state index contributed by atoms with van der Waals surface area (Å²) >= 11 is 0. The van der Waals surface area contributed by atoms with Gasteiger partial charge in [0.2, 0.25) is 5.91 Å². The zero-order valence-electron chi connectivity index (χ0n) is 11.4. The van der Waals surface area contributed by atoms with Crippen molar-refractivity contribution in [3.05, 3.63) is 35.4 Å². The zero-order valence-corrected chi connectivity index (χ0v) is 11.4. The maximum Gasteiger partial charge on any atom is 0.337 e. The van der Waals surface area contributed by atoms with E-state index in [9.17, 15) is 9.59 Å². The summed E-state index contributed by atoms with van der Waals surface area (Å²) in [6.07, 6.45) is 0.889. The lowest BCUT2D eigenvalue weighted by Gasteiger charge is -2.06. The molecule has 0 radical (unpaired) electrons. The van der Waals surface area contributed by atoms with Gasteiger partial charge in [-0.05, 0) is 30.7 Å². The number of hydrogen-bond donors (Lipinski definition) is 2. The SMILES string of the molecule is COC(=O)c1ccc(CNCCCNC(C)=O)cc1. The quantitative estimate of drug-likeness (QED) is 0.571. The summed E-state index contributed by atoms with van der Waals surface area (Å²) < 4.78 is 4.63. The van der Waals surface area contributed by atoms with Gasteiger partial charge in [0.15, 0.2) is 0 Å². The highest BCUT2D eigenvalue weighted by Crippen LogP contribution is 2.05. The number of carbonyl (C=O) groups excluding carboxylic acids is 2. The third-order valence-electron chi connectivity index (χ3n) is 2.61. The number of esters is 1. The molecule has 0 fully saturated rings. The molecule has 1 aromatic rings. The van der Waals surface area contributed by atoms with E-state index in [1.807, 2.05) is 12.1 Å². The van der Waals surface area contributed by atoms with Crippen LogP contribution in [0, 0.1) is 0 Å². The fourth-order valence-corrected chi connectivity index (χ4v) is 1.59. The van der Waals surface area contributed by atoms with Crippen LogP contribution in [-0.4, -0.2) is 32.1 Å². The molecule has 0 heterocycles. The van der Waals surface area contributed by atoms with Crippen molar-refractivity contribution in [3.63, 3.8) is 0 Å². The lowest BCUT2D eigenvalue weighted by atomic mass is 10.1. The fraction of sp³-hybridized carbons (Fsp3) is 0.429. The molecule has 0 bridgehead atoms. The van der Waals surface area contributed by atoms with Crippen molar-refractivity contribution in [2.24, 2.45) is 0 Å². The van der Waals surface area contributed by atoms with Crippen LogP contribution >= 0.6 is 0 Å². The van der Waals surface area contributed by atoms with Gasteiger partial charge in [-0.3, -0.25) is 4.79 Å². The van der Waals surface area contributed by atoms with Crippen molar-refractivity contribution in [1.29, 1.82) is 0 Å². The number of methoxy groups -OCH3 is 1. The maximum absolute atomic E-state index is 11.2. The molecule has 104 valence electrons. The van der Waals surface area contributed by atoms with Crippen molar-refractivity contribution in [1.82, 2.24) is 10.6 Å². The second kappa shape index (κ2) is 8.26. The first kappa shape index (κ1) is 15.2. The molecule has 19 heavy (non-hydrogen) atoms. The number of amides is 1. The van der Waals surface area contributed by atoms with Gasteiger partial charge in [0.1, 0.15) is 0 Å². The van der Waals surface area contributed by atoms with Crippen LogP contribution in [0.2, 0.25) is 0 Å². The van der Waals surface area contributed by atoms with Gasteiger partial charge in [-0.15, -0.1) is 0 Å². The molecule has 1 aromatic carbocycles. The monoisotopic (exact) mass is 264 g/mol. The molecule has 0 saturated carbocycles. The molecule has 1 rings (SSSR count). The topological polar surface area (TPSA) is 67.4 Å². The van der Waals surface area contributed by atoms with Gasteiger partial charge in [-0.1, -0.05) is 12.1 Å². The highest BCUT2D eigenvalue weighted by molar-refractivity contribution is 5.89. The molecule has 0 spiro atoms. The normalized spacial score (nSPS) is 10.0. The Kier molecular flexibility index (Phi) is 6.60. The molecule has 0 atom stereocenters. The van der Waals surface area contributed by atoms with E-state index in [-0.39, 0.29) is 11.9 Å². The van der Waals surface area contributed by atoms with Crippen LogP contribution in [-0.2, 0) is 16.1 Å². The summed E-state index contributed by atoms with van der Waals surface area (Å²) in [5.41, 5.74) is 1.66. The minimum Gasteiger partial charge on any atom is -0.465 e. The van der Waals surface area contributed by atoms with E-state index in [4.69, 9.17) is 0 Å². The van der Waals surface area contributed by atoms with Gasteiger partial charge in [-0.25, -0.2) is 4.79 Å². The van der Waals surface area contributed by atoms with Gasteiger partial charge in [0.05, 0.1) is 12.7 Å². The summed E-state index contributed by atoms with van der Waals surface area (Å²) in [5, 5.41) is 6.01. The van der Waals surface area contributed by atoms with Gasteiger partial charge in [0, 0.05) is 20.0 Å².